The lowest BCUT2D eigenvalue weighted by molar-refractivity contribution is -0.150. The van der Waals surface area contributed by atoms with Gasteiger partial charge >= 0.3 is 5.97 Å². The van der Waals surface area contributed by atoms with E-state index in [-0.39, 0.29) is 18.1 Å². The van der Waals surface area contributed by atoms with E-state index in [2.05, 4.69) is 0 Å². The Hall–Kier alpha value is -3.68. The standard InChI is InChI=1S/C23H24O8/c1-6-29-23(25)13(2)30-15-7-8-16-17(12-15)31-18(21(16)24)9-14-10-19(26-3)22(28-5)20(11-14)27-4/h7-13H,6H2,1-5H3/b18-9-/t13-/m0/s1. The third-order valence-corrected chi connectivity index (χ3v) is 4.56. The molecule has 2 aromatic rings. The zero-order valence-electron chi connectivity index (χ0n) is 18.0. The minimum absolute atomic E-state index is 0.139. The second-order valence-electron chi connectivity index (χ2n) is 6.57. The van der Waals surface area contributed by atoms with Gasteiger partial charge in [-0.25, -0.2) is 4.79 Å². The van der Waals surface area contributed by atoms with Gasteiger partial charge in [-0.1, -0.05) is 0 Å². The molecule has 1 aliphatic heterocycles. The fourth-order valence-corrected chi connectivity index (χ4v) is 3.09. The van der Waals surface area contributed by atoms with Crippen molar-refractivity contribution in [1.29, 1.82) is 0 Å². The fourth-order valence-electron chi connectivity index (χ4n) is 3.09. The van der Waals surface area contributed by atoms with Gasteiger partial charge in [-0.15, -0.1) is 0 Å². The van der Waals surface area contributed by atoms with Crippen molar-refractivity contribution in [2.24, 2.45) is 0 Å². The molecule has 0 aliphatic carbocycles. The number of hydrogen-bond acceptors (Lipinski definition) is 8. The maximum atomic E-state index is 12.8. The van der Waals surface area contributed by atoms with Crippen LogP contribution in [0.3, 0.4) is 0 Å². The quantitative estimate of drug-likeness (QED) is 0.465. The van der Waals surface area contributed by atoms with Crippen molar-refractivity contribution >= 4 is 17.8 Å². The molecular formula is C23H24O8. The summed E-state index contributed by atoms with van der Waals surface area (Å²) in [5.74, 6) is 1.50. The van der Waals surface area contributed by atoms with Gasteiger partial charge in [0.2, 0.25) is 11.5 Å². The summed E-state index contributed by atoms with van der Waals surface area (Å²) in [4.78, 5) is 24.5. The van der Waals surface area contributed by atoms with Gasteiger partial charge in [0.05, 0.1) is 33.5 Å². The van der Waals surface area contributed by atoms with Crippen molar-refractivity contribution in [3.63, 3.8) is 0 Å². The molecule has 0 bridgehead atoms. The van der Waals surface area contributed by atoms with Gasteiger partial charge in [0.25, 0.3) is 0 Å². The molecule has 0 saturated heterocycles. The third kappa shape index (κ3) is 4.58. The van der Waals surface area contributed by atoms with Crippen LogP contribution in [-0.4, -0.2) is 45.8 Å². The average molecular weight is 428 g/mol. The van der Waals surface area contributed by atoms with Gasteiger partial charge in [-0.05, 0) is 49.8 Å². The molecule has 164 valence electrons. The highest BCUT2D eigenvalue weighted by atomic mass is 16.6. The van der Waals surface area contributed by atoms with E-state index in [1.54, 1.807) is 50.3 Å². The lowest BCUT2D eigenvalue weighted by Gasteiger charge is -2.13. The van der Waals surface area contributed by atoms with E-state index in [1.165, 1.54) is 21.3 Å². The van der Waals surface area contributed by atoms with Crippen molar-refractivity contribution in [3.05, 3.63) is 47.2 Å². The number of fused-ring (bicyclic) bond motifs is 1. The summed E-state index contributed by atoms with van der Waals surface area (Å²) in [5, 5.41) is 0. The first-order chi connectivity index (χ1) is 14.9. The molecule has 0 radical (unpaired) electrons. The van der Waals surface area contributed by atoms with Gasteiger partial charge < -0.3 is 28.4 Å². The molecule has 0 amide bonds. The Labute approximate surface area is 180 Å². The van der Waals surface area contributed by atoms with Crippen molar-refractivity contribution < 1.29 is 38.0 Å². The molecule has 0 saturated carbocycles. The Morgan fingerprint density at radius 1 is 1.06 bits per heavy atom. The molecule has 0 aromatic heterocycles. The van der Waals surface area contributed by atoms with Crippen molar-refractivity contribution in [2.45, 2.75) is 20.0 Å². The second kappa shape index (κ2) is 9.42. The fraction of sp³-hybridized carbons (Fsp3) is 0.304. The second-order valence-corrected chi connectivity index (χ2v) is 6.57. The summed E-state index contributed by atoms with van der Waals surface area (Å²) < 4.78 is 32.3. The highest BCUT2D eigenvalue weighted by molar-refractivity contribution is 6.14. The topological polar surface area (TPSA) is 89.5 Å². The summed E-state index contributed by atoms with van der Waals surface area (Å²) in [5.41, 5.74) is 1.04. The molecule has 1 atom stereocenters. The monoisotopic (exact) mass is 428 g/mol. The van der Waals surface area contributed by atoms with Crippen LogP contribution in [0, 0.1) is 0 Å². The van der Waals surface area contributed by atoms with Crippen LogP contribution >= 0.6 is 0 Å². The molecule has 31 heavy (non-hydrogen) atoms. The molecule has 0 N–H and O–H groups in total. The Morgan fingerprint density at radius 3 is 2.32 bits per heavy atom. The maximum absolute atomic E-state index is 12.8. The van der Waals surface area contributed by atoms with E-state index in [1.807, 2.05) is 0 Å². The number of allylic oxidation sites excluding steroid dienone is 1. The third-order valence-electron chi connectivity index (χ3n) is 4.56. The zero-order chi connectivity index (χ0) is 22.5. The SMILES string of the molecule is CCOC(=O)[C@H](C)Oc1ccc2c(c1)O/C(=C\c1cc(OC)c(OC)c(OC)c1)C2=O. The lowest BCUT2D eigenvalue weighted by Crippen LogP contribution is -2.26. The van der Waals surface area contributed by atoms with Crippen LogP contribution in [0.2, 0.25) is 0 Å². The predicted octanol–water partition coefficient (Wildman–Crippen LogP) is 3.66. The normalized spacial score (nSPS) is 14.5. The number of rotatable bonds is 8. The highest BCUT2D eigenvalue weighted by Crippen LogP contribution is 2.40. The highest BCUT2D eigenvalue weighted by Gasteiger charge is 2.28. The first-order valence-electron chi connectivity index (χ1n) is 9.63. The van der Waals surface area contributed by atoms with Crippen molar-refractivity contribution in [1.82, 2.24) is 0 Å². The van der Waals surface area contributed by atoms with Crippen LogP contribution in [0.25, 0.3) is 6.08 Å². The molecule has 8 heteroatoms. The molecule has 0 spiro atoms. The first kappa shape index (κ1) is 22.0. The van der Waals surface area contributed by atoms with Gasteiger partial charge in [-0.3, -0.25) is 4.79 Å². The number of Topliss-reactive ketones (excluding diaryl/α,β-unsaturated/α-hetero) is 1. The Morgan fingerprint density at radius 2 is 1.74 bits per heavy atom. The number of methoxy groups -OCH3 is 3. The van der Waals surface area contributed by atoms with Gasteiger partial charge in [0, 0.05) is 6.07 Å². The summed E-state index contributed by atoms with van der Waals surface area (Å²) in [6, 6.07) is 8.20. The number of ether oxygens (including phenoxy) is 6. The summed E-state index contributed by atoms with van der Waals surface area (Å²) >= 11 is 0. The van der Waals surface area contributed by atoms with Crippen molar-refractivity contribution in [3.8, 4) is 28.7 Å². The van der Waals surface area contributed by atoms with Crippen molar-refractivity contribution in [2.75, 3.05) is 27.9 Å². The molecule has 1 aliphatic rings. The summed E-state index contributed by atoms with van der Waals surface area (Å²) in [6.07, 6.45) is 0.804. The molecule has 8 nitrogen and oxygen atoms in total. The van der Waals surface area contributed by atoms with E-state index in [9.17, 15) is 9.59 Å². The predicted molar refractivity (Wildman–Crippen MR) is 112 cm³/mol. The Kier molecular flexibility index (Phi) is 6.69. The Bertz CT molecular complexity index is 999. The Balaban J connectivity index is 1.86. The van der Waals surface area contributed by atoms with Gasteiger partial charge in [0.15, 0.2) is 23.4 Å². The average Bonchev–Trinajstić information content (AvgIpc) is 3.07. The lowest BCUT2D eigenvalue weighted by atomic mass is 10.1. The van der Waals surface area contributed by atoms with Gasteiger partial charge in [0.1, 0.15) is 11.5 Å². The molecule has 0 fully saturated rings. The minimum Gasteiger partial charge on any atom is -0.493 e. The van der Waals surface area contributed by atoms with E-state index in [0.717, 1.165) is 0 Å². The molecule has 0 unspecified atom stereocenters. The van der Waals surface area contributed by atoms with E-state index < -0.39 is 12.1 Å². The van der Waals surface area contributed by atoms with E-state index in [0.29, 0.717) is 39.9 Å². The van der Waals surface area contributed by atoms with Crippen LogP contribution in [0.4, 0.5) is 0 Å². The van der Waals surface area contributed by atoms with Crippen LogP contribution in [0.1, 0.15) is 29.8 Å². The van der Waals surface area contributed by atoms with Crippen LogP contribution in [-0.2, 0) is 9.53 Å². The summed E-state index contributed by atoms with van der Waals surface area (Å²) in [6.45, 7) is 3.58. The van der Waals surface area contributed by atoms with Gasteiger partial charge in [-0.2, -0.15) is 0 Å². The molecule has 3 rings (SSSR count). The summed E-state index contributed by atoms with van der Waals surface area (Å²) in [7, 11) is 4.54. The molecule has 2 aromatic carbocycles. The van der Waals surface area contributed by atoms with Crippen LogP contribution in [0.5, 0.6) is 28.7 Å². The van der Waals surface area contributed by atoms with E-state index >= 15 is 0 Å². The largest absolute Gasteiger partial charge is 0.493 e. The maximum Gasteiger partial charge on any atom is 0.347 e. The molecular weight excluding hydrogens is 404 g/mol. The zero-order valence-corrected chi connectivity index (χ0v) is 18.0. The minimum atomic E-state index is -0.788. The van der Waals surface area contributed by atoms with Crippen LogP contribution in [0.15, 0.2) is 36.1 Å². The van der Waals surface area contributed by atoms with Crippen LogP contribution < -0.4 is 23.7 Å². The van der Waals surface area contributed by atoms with E-state index in [4.69, 9.17) is 28.4 Å². The first-order valence-corrected chi connectivity index (χ1v) is 9.63. The number of esters is 1. The number of ketones is 1. The smallest absolute Gasteiger partial charge is 0.347 e. The molecule has 1 heterocycles. The number of carbonyl (C=O) groups is 2. The number of benzene rings is 2. The number of carbonyl (C=O) groups excluding carboxylic acids is 2. The number of hydrogen-bond donors (Lipinski definition) is 0.